The number of imidazole rings is 1. The molecule has 0 amide bonds. The Bertz CT molecular complexity index is 974. The molecule has 3 rings (SSSR count). The van der Waals surface area contributed by atoms with Crippen LogP contribution < -0.4 is 10.0 Å². The molecule has 0 aliphatic heterocycles. The summed E-state index contributed by atoms with van der Waals surface area (Å²) in [5.74, 6) is 2.64. The van der Waals surface area contributed by atoms with E-state index in [0.29, 0.717) is 24.0 Å². The monoisotopic (exact) mass is 375 g/mol. The second-order valence-corrected chi connectivity index (χ2v) is 7.52. The molecule has 3 heterocycles. The minimum absolute atomic E-state index is 0.0188. The highest BCUT2D eigenvalue weighted by atomic mass is 32.2. The Labute approximate surface area is 152 Å². The van der Waals surface area contributed by atoms with Crippen LogP contribution in [0.15, 0.2) is 41.8 Å². The molecule has 0 saturated carbocycles. The van der Waals surface area contributed by atoms with E-state index in [9.17, 15) is 8.42 Å². The molecule has 0 aliphatic carbocycles. The van der Waals surface area contributed by atoms with Crippen LogP contribution in [0.4, 0.5) is 5.82 Å². The highest BCUT2D eigenvalue weighted by Crippen LogP contribution is 2.11. The molecule has 3 aromatic rings. The Morgan fingerprint density at radius 3 is 2.46 bits per heavy atom. The van der Waals surface area contributed by atoms with Crippen molar-refractivity contribution in [1.82, 2.24) is 28.8 Å². The predicted octanol–water partition coefficient (Wildman–Crippen LogP) is 1.01. The van der Waals surface area contributed by atoms with Gasteiger partial charge in [0.1, 0.15) is 23.3 Å². The minimum atomic E-state index is -3.63. The second kappa shape index (κ2) is 7.26. The summed E-state index contributed by atoms with van der Waals surface area (Å²) in [6, 6.07) is 5.64. The van der Waals surface area contributed by atoms with Crippen molar-refractivity contribution in [3.8, 4) is 5.82 Å². The van der Waals surface area contributed by atoms with Gasteiger partial charge in [0.05, 0.1) is 0 Å². The van der Waals surface area contributed by atoms with Crippen molar-refractivity contribution in [2.45, 2.75) is 18.9 Å². The summed E-state index contributed by atoms with van der Waals surface area (Å²) in [4.78, 5) is 12.7. The van der Waals surface area contributed by atoms with E-state index < -0.39 is 10.0 Å². The lowest BCUT2D eigenvalue weighted by molar-refractivity contribution is 0.579. The second-order valence-electron chi connectivity index (χ2n) is 5.81. The summed E-state index contributed by atoms with van der Waals surface area (Å²) in [7, 11) is -1.87. The molecule has 10 heteroatoms. The quantitative estimate of drug-likeness (QED) is 0.597. The smallest absolute Gasteiger partial charge is 0.259 e. The van der Waals surface area contributed by atoms with Gasteiger partial charge in [-0.25, -0.2) is 28.1 Å². The van der Waals surface area contributed by atoms with E-state index in [4.69, 9.17) is 0 Å². The van der Waals surface area contributed by atoms with Gasteiger partial charge in [-0.05, 0) is 26.0 Å². The Kier molecular flexibility index (Phi) is 5.05. The Balaban J connectivity index is 1.60. The van der Waals surface area contributed by atoms with Crippen LogP contribution in [-0.4, -0.2) is 45.6 Å². The third-order valence-electron chi connectivity index (χ3n) is 3.78. The molecule has 0 aliphatic rings. The maximum atomic E-state index is 12.2. The number of nitrogens with one attached hydrogen (secondary N) is 2. The van der Waals surface area contributed by atoms with Crippen molar-refractivity contribution in [2.24, 2.45) is 7.05 Å². The summed E-state index contributed by atoms with van der Waals surface area (Å²) < 4.78 is 30.5. The third kappa shape index (κ3) is 4.09. The number of hydrogen-bond acceptors (Lipinski definition) is 6. The fourth-order valence-electron chi connectivity index (χ4n) is 2.37. The summed E-state index contributed by atoms with van der Waals surface area (Å²) >= 11 is 0. The third-order valence-corrected chi connectivity index (χ3v) is 5.11. The van der Waals surface area contributed by atoms with Gasteiger partial charge in [-0.1, -0.05) is 0 Å². The number of aromatic nitrogens is 5. The minimum Gasteiger partial charge on any atom is -0.369 e. The fourth-order valence-corrected chi connectivity index (χ4v) is 3.44. The molecule has 26 heavy (non-hydrogen) atoms. The van der Waals surface area contributed by atoms with Crippen molar-refractivity contribution < 1.29 is 8.42 Å². The van der Waals surface area contributed by atoms with Gasteiger partial charge < -0.3 is 14.5 Å². The lowest BCUT2D eigenvalue weighted by atomic mass is 10.4. The van der Waals surface area contributed by atoms with Gasteiger partial charge in [0, 0.05) is 44.8 Å². The Hall–Kier alpha value is -2.72. The maximum Gasteiger partial charge on any atom is 0.259 e. The van der Waals surface area contributed by atoms with Gasteiger partial charge in [-0.3, -0.25) is 0 Å². The first-order valence-electron chi connectivity index (χ1n) is 8.08. The van der Waals surface area contributed by atoms with E-state index >= 15 is 0 Å². The van der Waals surface area contributed by atoms with Crippen LogP contribution in [0.2, 0.25) is 0 Å². The van der Waals surface area contributed by atoms with Gasteiger partial charge in [-0.15, -0.1) is 0 Å². The predicted molar refractivity (Wildman–Crippen MR) is 97.7 cm³/mol. The first-order valence-corrected chi connectivity index (χ1v) is 9.56. The highest BCUT2D eigenvalue weighted by molar-refractivity contribution is 7.89. The van der Waals surface area contributed by atoms with E-state index in [2.05, 4.69) is 25.0 Å². The molecular formula is C16H21N7O2S. The Morgan fingerprint density at radius 1 is 1.08 bits per heavy atom. The molecule has 0 bridgehead atoms. The molecule has 0 aromatic carbocycles. The molecule has 0 fully saturated rings. The van der Waals surface area contributed by atoms with E-state index in [1.165, 1.54) is 6.20 Å². The van der Waals surface area contributed by atoms with Crippen molar-refractivity contribution in [3.63, 3.8) is 0 Å². The molecule has 9 nitrogen and oxygen atoms in total. The Morgan fingerprint density at radius 2 is 1.81 bits per heavy atom. The number of anilines is 1. The van der Waals surface area contributed by atoms with Gasteiger partial charge >= 0.3 is 0 Å². The lowest BCUT2D eigenvalue weighted by Crippen LogP contribution is -2.29. The number of hydrogen-bond donors (Lipinski definition) is 2. The van der Waals surface area contributed by atoms with Crippen molar-refractivity contribution in [1.29, 1.82) is 0 Å². The van der Waals surface area contributed by atoms with E-state index in [-0.39, 0.29) is 11.6 Å². The molecule has 0 saturated heterocycles. The molecular weight excluding hydrogens is 354 g/mol. The largest absolute Gasteiger partial charge is 0.369 e. The van der Waals surface area contributed by atoms with Crippen molar-refractivity contribution in [2.75, 3.05) is 18.4 Å². The van der Waals surface area contributed by atoms with Gasteiger partial charge in [0.2, 0.25) is 0 Å². The summed E-state index contributed by atoms with van der Waals surface area (Å²) in [5, 5.41) is 3.13. The van der Waals surface area contributed by atoms with Crippen LogP contribution in [0.25, 0.3) is 5.82 Å². The van der Waals surface area contributed by atoms with Crippen molar-refractivity contribution >= 4 is 15.8 Å². The lowest BCUT2D eigenvalue weighted by Gasteiger charge is -2.10. The maximum absolute atomic E-state index is 12.2. The normalized spacial score (nSPS) is 11.7. The average Bonchev–Trinajstić information content (AvgIpc) is 3.22. The van der Waals surface area contributed by atoms with E-state index in [1.807, 2.05) is 42.1 Å². The number of sulfonamides is 1. The van der Waals surface area contributed by atoms with Crippen LogP contribution in [0.5, 0.6) is 0 Å². The molecule has 0 spiro atoms. The number of rotatable bonds is 7. The SMILES string of the molecule is Cc1nc(NCCNS(=O)(=O)c2cn(C)c(C)n2)cc(-n2cccc2)n1. The molecule has 0 unspecified atom stereocenters. The highest BCUT2D eigenvalue weighted by Gasteiger charge is 2.17. The summed E-state index contributed by atoms with van der Waals surface area (Å²) in [5.41, 5.74) is 0. The topological polar surface area (TPSA) is 107 Å². The number of aryl methyl sites for hydroxylation is 3. The zero-order valence-corrected chi connectivity index (χ0v) is 15.7. The zero-order chi connectivity index (χ0) is 18.7. The fraction of sp³-hybridized carbons (Fsp3) is 0.312. The van der Waals surface area contributed by atoms with Crippen LogP contribution in [-0.2, 0) is 17.1 Å². The molecule has 0 atom stereocenters. The van der Waals surface area contributed by atoms with Gasteiger partial charge in [0.25, 0.3) is 10.0 Å². The van der Waals surface area contributed by atoms with E-state index in [0.717, 1.165) is 5.82 Å². The van der Waals surface area contributed by atoms with Gasteiger partial charge in [0.15, 0.2) is 5.03 Å². The zero-order valence-electron chi connectivity index (χ0n) is 14.8. The standard InChI is InChI=1S/C16H21N7O2S/c1-12-19-14(10-15(20-12)23-8-4-5-9-23)17-6-7-18-26(24,25)16-11-22(3)13(2)21-16/h4-5,8-11,18H,6-7H2,1-3H3,(H,17,19,20). The first-order chi connectivity index (χ1) is 12.3. The molecule has 2 N–H and O–H groups in total. The molecule has 3 aromatic heterocycles. The van der Waals surface area contributed by atoms with Crippen LogP contribution in [0, 0.1) is 13.8 Å². The average molecular weight is 375 g/mol. The number of nitrogens with zero attached hydrogens (tertiary/aromatic N) is 5. The molecule has 0 radical (unpaired) electrons. The summed E-state index contributed by atoms with van der Waals surface area (Å²) in [6.07, 6.45) is 5.28. The van der Waals surface area contributed by atoms with E-state index in [1.54, 1.807) is 18.5 Å². The first kappa shape index (κ1) is 18.1. The van der Waals surface area contributed by atoms with Crippen LogP contribution >= 0.6 is 0 Å². The van der Waals surface area contributed by atoms with Gasteiger partial charge in [-0.2, -0.15) is 0 Å². The van der Waals surface area contributed by atoms with Crippen molar-refractivity contribution in [3.05, 3.63) is 48.4 Å². The van der Waals surface area contributed by atoms with Crippen LogP contribution in [0.3, 0.4) is 0 Å². The van der Waals surface area contributed by atoms with Crippen LogP contribution in [0.1, 0.15) is 11.6 Å². The molecule has 138 valence electrons. The summed E-state index contributed by atoms with van der Waals surface area (Å²) in [6.45, 7) is 4.15.